The van der Waals surface area contributed by atoms with Crippen LogP contribution in [0.2, 0.25) is 0 Å². The summed E-state index contributed by atoms with van der Waals surface area (Å²) in [7, 11) is 0. The Morgan fingerprint density at radius 1 is 0.367 bits per heavy atom. The van der Waals surface area contributed by atoms with Crippen LogP contribution in [0.1, 0.15) is 116 Å². The average molecular weight is 413 g/mol. The molecule has 6 aliphatic carbocycles. The maximum Gasteiger partial charge on any atom is 0.0101 e. The summed E-state index contributed by atoms with van der Waals surface area (Å²) >= 11 is 0. The highest BCUT2D eigenvalue weighted by molar-refractivity contribution is 5.07. The van der Waals surface area contributed by atoms with E-state index in [1.54, 1.807) is 38.5 Å². The molecule has 0 aliphatic heterocycles. The van der Waals surface area contributed by atoms with Gasteiger partial charge in [0.05, 0.1) is 0 Å². The van der Waals surface area contributed by atoms with Crippen molar-refractivity contribution in [3.05, 3.63) is 0 Å². The average Bonchev–Trinajstić information content (AvgIpc) is 2.81. The fraction of sp³-hybridized carbons (Fsp3) is 1.00. The molecule has 0 radical (unpaired) electrons. The predicted molar refractivity (Wildman–Crippen MR) is 125 cm³/mol. The van der Waals surface area contributed by atoms with E-state index in [1.807, 2.05) is 0 Å². The molecule has 0 amide bonds. The molecule has 0 heterocycles. The maximum absolute atomic E-state index is 4.27. The molecule has 30 heavy (non-hydrogen) atoms. The Balaban J connectivity index is 1.17. The Morgan fingerprint density at radius 3 is 1.20 bits per heavy atom. The van der Waals surface area contributed by atoms with Gasteiger partial charge >= 0.3 is 0 Å². The molecule has 6 rings (SSSR count). The molecule has 0 saturated heterocycles. The van der Waals surface area contributed by atoms with Crippen LogP contribution in [-0.4, -0.2) is 24.2 Å². The van der Waals surface area contributed by atoms with Gasteiger partial charge in [0.25, 0.3) is 0 Å². The Bertz CT molecular complexity index is 513. The van der Waals surface area contributed by atoms with Gasteiger partial charge in [-0.15, -0.1) is 0 Å². The normalized spacial score (nSPS) is 47.6. The summed E-state index contributed by atoms with van der Waals surface area (Å²) < 4.78 is 0. The van der Waals surface area contributed by atoms with Crippen LogP contribution in [0.25, 0.3) is 0 Å². The van der Waals surface area contributed by atoms with Gasteiger partial charge in [-0.1, -0.05) is 38.5 Å². The van der Waals surface area contributed by atoms with Crippen molar-refractivity contribution in [3.63, 3.8) is 0 Å². The van der Waals surface area contributed by atoms with Crippen LogP contribution in [0.15, 0.2) is 0 Å². The minimum atomic E-state index is 0.851. The van der Waals surface area contributed by atoms with E-state index in [0.29, 0.717) is 0 Å². The standard InChI is InChI=1S/C28H48N2/c1-3-7-21(8-4-1)29-25-17-13-19-12-16-24-26(30-22-9-5-2-6-10-22)18-14-20-11-15-23(25)27(19)28(20)24/h19-30H,1-18H2. The minimum Gasteiger partial charge on any atom is -0.311 e. The van der Waals surface area contributed by atoms with Crippen LogP contribution in [0, 0.1) is 35.5 Å². The molecule has 2 heteroatoms. The highest BCUT2D eigenvalue weighted by Gasteiger charge is 2.55. The van der Waals surface area contributed by atoms with Gasteiger partial charge in [0.2, 0.25) is 0 Å². The van der Waals surface area contributed by atoms with Crippen molar-refractivity contribution in [2.24, 2.45) is 35.5 Å². The lowest BCUT2D eigenvalue weighted by Gasteiger charge is -2.61. The van der Waals surface area contributed by atoms with E-state index in [9.17, 15) is 0 Å². The lowest BCUT2D eigenvalue weighted by Crippen LogP contribution is -2.61. The van der Waals surface area contributed by atoms with Crippen molar-refractivity contribution in [1.29, 1.82) is 0 Å². The van der Waals surface area contributed by atoms with Gasteiger partial charge in [0, 0.05) is 24.2 Å². The monoisotopic (exact) mass is 412 g/mol. The van der Waals surface area contributed by atoms with E-state index in [4.69, 9.17) is 0 Å². The first kappa shape index (κ1) is 20.5. The van der Waals surface area contributed by atoms with Crippen LogP contribution >= 0.6 is 0 Å². The highest BCUT2D eigenvalue weighted by Crippen LogP contribution is 2.60. The molecule has 2 nitrogen and oxygen atoms in total. The van der Waals surface area contributed by atoms with E-state index < -0.39 is 0 Å². The summed E-state index contributed by atoms with van der Waals surface area (Å²) in [5.41, 5.74) is 0. The lowest BCUT2D eigenvalue weighted by molar-refractivity contribution is -0.0996. The van der Waals surface area contributed by atoms with Gasteiger partial charge in [0.15, 0.2) is 0 Å². The van der Waals surface area contributed by atoms with Gasteiger partial charge in [-0.05, 0) is 113 Å². The largest absolute Gasteiger partial charge is 0.311 e. The van der Waals surface area contributed by atoms with E-state index in [1.165, 1.54) is 77.0 Å². The number of hydrogen-bond acceptors (Lipinski definition) is 2. The zero-order valence-electron chi connectivity index (χ0n) is 19.5. The first-order chi connectivity index (χ1) is 14.9. The van der Waals surface area contributed by atoms with Crippen molar-refractivity contribution in [3.8, 4) is 0 Å². The Kier molecular flexibility index (Phi) is 6.19. The maximum atomic E-state index is 4.27. The summed E-state index contributed by atoms with van der Waals surface area (Å²) in [4.78, 5) is 0. The van der Waals surface area contributed by atoms with E-state index >= 15 is 0 Å². The van der Waals surface area contributed by atoms with Gasteiger partial charge in [-0.2, -0.15) is 0 Å². The zero-order chi connectivity index (χ0) is 19.9. The molecule has 8 unspecified atom stereocenters. The second-order valence-corrected chi connectivity index (χ2v) is 12.5. The first-order valence-corrected chi connectivity index (χ1v) is 14.4. The molecule has 8 atom stereocenters. The summed E-state index contributed by atoms with van der Waals surface area (Å²) in [5, 5.41) is 8.55. The van der Waals surface area contributed by atoms with Crippen LogP contribution in [0.3, 0.4) is 0 Å². The van der Waals surface area contributed by atoms with E-state index in [-0.39, 0.29) is 0 Å². The van der Waals surface area contributed by atoms with Gasteiger partial charge < -0.3 is 10.6 Å². The first-order valence-electron chi connectivity index (χ1n) is 14.4. The summed E-state index contributed by atoms with van der Waals surface area (Å²) in [5.74, 6) is 6.35. The third-order valence-electron chi connectivity index (χ3n) is 11.1. The van der Waals surface area contributed by atoms with Crippen molar-refractivity contribution >= 4 is 0 Å². The summed E-state index contributed by atoms with van der Waals surface area (Å²) in [6.45, 7) is 0. The Hall–Kier alpha value is -0.0800. The van der Waals surface area contributed by atoms with E-state index in [0.717, 1.165) is 59.7 Å². The molecule has 2 N–H and O–H groups in total. The molecule has 0 bridgehead atoms. The molecule has 6 saturated carbocycles. The number of rotatable bonds is 4. The second kappa shape index (κ2) is 9.05. The minimum absolute atomic E-state index is 0.851. The van der Waals surface area contributed by atoms with Crippen LogP contribution in [-0.2, 0) is 0 Å². The van der Waals surface area contributed by atoms with Crippen LogP contribution in [0.4, 0.5) is 0 Å². The highest BCUT2D eigenvalue weighted by atomic mass is 15.0. The molecule has 6 aliphatic rings. The van der Waals surface area contributed by atoms with Gasteiger partial charge in [-0.3, -0.25) is 0 Å². The fourth-order valence-electron chi connectivity index (χ4n) is 9.87. The van der Waals surface area contributed by atoms with Crippen molar-refractivity contribution in [1.82, 2.24) is 10.6 Å². The number of hydrogen-bond donors (Lipinski definition) is 2. The van der Waals surface area contributed by atoms with Crippen molar-refractivity contribution in [2.75, 3.05) is 0 Å². The third kappa shape index (κ3) is 3.91. The second-order valence-electron chi connectivity index (χ2n) is 12.5. The van der Waals surface area contributed by atoms with Crippen LogP contribution < -0.4 is 10.6 Å². The van der Waals surface area contributed by atoms with Crippen molar-refractivity contribution in [2.45, 2.75) is 140 Å². The molecule has 6 fully saturated rings. The topological polar surface area (TPSA) is 24.1 Å². The molecule has 0 spiro atoms. The zero-order valence-corrected chi connectivity index (χ0v) is 19.5. The Morgan fingerprint density at radius 2 is 0.767 bits per heavy atom. The summed E-state index contributed by atoms with van der Waals surface area (Å²) in [6, 6.07) is 3.43. The molecule has 0 aromatic carbocycles. The van der Waals surface area contributed by atoms with Gasteiger partial charge in [-0.25, -0.2) is 0 Å². The molecular formula is C28H48N2. The predicted octanol–water partition coefficient (Wildman–Crippen LogP) is 6.44. The quantitative estimate of drug-likeness (QED) is 0.555. The van der Waals surface area contributed by atoms with Gasteiger partial charge in [0.1, 0.15) is 0 Å². The fourth-order valence-corrected chi connectivity index (χ4v) is 9.87. The molecular weight excluding hydrogens is 364 g/mol. The molecule has 170 valence electrons. The third-order valence-corrected chi connectivity index (χ3v) is 11.1. The Labute approximate surface area is 186 Å². The SMILES string of the molecule is C1CCC(NC2CCC3CCC4C(NC5CCCCC5)CCC5CCC2C3C54)CC1. The van der Waals surface area contributed by atoms with Crippen LogP contribution in [0.5, 0.6) is 0 Å². The lowest BCUT2D eigenvalue weighted by atomic mass is 9.46. The molecule has 0 aromatic heterocycles. The van der Waals surface area contributed by atoms with E-state index in [2.05, 4.69) is 10.6 Å². The van der Waals surface area contributed by atoms with Crippen molar-refractivity contribution < 1.29 is 0 Å². The molecule has 0 aromatic rings. The smallest absolute Gasteiger partial charge is 0.0101 e. The number of nitrogens with one attached hydrogen (secondary N) is 2. The summed E-state index contributed by atoms with van der Waals surface area (Å²) in [6.07, 6.45) is 27.0.